The Morgan fingerprint density at radius 2 is 1.16 bits per heavy atom. The average Bonchev–Trinajstić information content (AvgIpc) is 3.82. The number of nitrogen functional groups attached to an aromatic ring is 2. The van der Waals surface area contributed by atoms with Gasteiger partial charge in [-0.3, -0.25) is 0 Å². The zero-order valence-electron chi connectivity index (χ0n) is 31.1. The van der Waals surface area contributed by atoms with E-state index in [4.69, 9.17) is 16.2 Å². The van der Waals surface area contributed by atoms with E-state index in [2.05, 4.69) is 40.1 Å². The van der Waals surface area contributed by atoms with Gasteiger partial charge >= 0.3 is 12.4 Å². The number of nitrogens with two attached hydrogens (primary N) is 2. The van der Waals surface area contributed by atoms with Gasteiger partial charge in [0.25, 0.3) is 0 Å². The van der Waals surface area contributed by atoms with Gasteiger partial charge in [-0.25, -0.2) is 43.1 Å². The molecule has 0 aliphatic rings. The Morgan fingerprint density at radius 3 is 1.69 bits per heavy atom. The van der Waals surface area contributed by atoms with Crippen LogP contribution in [0.4, 0.5) is 51.4 Å². The average molecular weight is 853 g/mol. The predicted octanol–water partition coefficient (Wildman–Crippen LogP) is 7.33. The number of aliphatic hydroxyl groups excluding tert-OH is 1. The molecule has 0 aliphatic carbocycles. The number of benzene rings is 2. The summed E-state index contributed by atoms with van der Waals surface area (Å²) >= 11 is 0. The van der Waals surface area contributed by atoms with Crippen LogP contribution in [-0.4, -0.2) is 54.2 Å². The van der Waals surface area contributed by atoms with Gasteiger partial charge in [-0.1, -0.05) is 6.07 Å². The molecule has 0 atom stereocenters. The van der Waals surface area contributed by atoms with Crippen LogP contribution in [0.1, 0.15) is 34.4 Å². The number of hydrogen-bond acceptors (Lipinski definition) is 12. The fourth-order valence-corrected chi connectivity index (χ4v) is 6.59. The first-order valence-corrected chi connectivity index (χ1v) is 17.5. The minimum Gasteiger partial charge on any atom is -0.482 e. The molecule has 0 aliphatic heterocycles. The third kappa shape index (κ3) is 7.42. The monoisotopic (exact) mass is 852 g/mol. The van der Waals surface area contributed by atoms with Gasteiger partial charge in [-0.2, -0.15) is 35.4 Å². The molecule has 0 unspecified atom stereocenters. The van der Waals surface area contributed by atoms with Gasteiger partial charge in [0.15, 0.2) is 34.5 Å². The van der Waals surface area contributed by atoms with Gasteiger partial charge in [0.05, 0.1) is 22.5 Å². The molecule has 14 nitrogen and oxygen atoms in total. The topological polar surface area (TPSA) is 193 Å². The maximum Gasteiger partial charge on any atom is 0.433 e. The van der Waals surface area contributed by atoms with E-state index in [1.807, 2.05) is 0 Å². The lowest BCUT2D eigenvalue weighted by atomic mass is 9.98. The molecule has 312 valence electrons. The third-order valence-electron chi connectivity index (χ3n) is 9.08. The Hall–Kier alpha value is -7.43. The van der Waals surface area contributed by atoms with Crippen LogP contribution in [0.5, 0.6) is 5.75 Å². The molecule has 0 amide bonds. The molecular formula is C38H25F9N12O2. The van der Waals surface area contributed by atoms with Gasteiger partial charge in [0.1, 0.15) is 36.2 Å². The normalized spacial score (nSPS) is 12.2. The van der Waals surface area contributed by atoms with Crippen molar-refractivity contribution in [3.05, 3.63) is 113 Å². The Morgan fingerprint density at radius 1 is 0.639 bits per heavy atom. The number of nitrogens with zero attached hydrogens (tertiary/aromatic N) is 10. The van der Waals surface area contributed by atoms with E-state index in [0.717, 1.165) is 21.2 Å². The van der Waals surface area contributed by atoms with Crippen molar-refractivity contribution in [3.8, 4) is 50.5 Å². The number of aliphatic hydroxyl groups is 1. The fraction of sp³-hybridized carbons (Fsp3) is 0.158. The molecule has 2 aromatic carbocycles. The minimum absolute atomic E-state index is 0.0565. The van der Waals surface area contributed by atoms with E-state index in [1.165, 1.54) is 44.2 Å². The van der Waals surface area contributed by atoms with Crippen LogP contribution in [0.15, 0.2) is 60.7 Å². The molecule has 6 heterocycles. The molecule has 0 fully saturated rings. The van der Waals surface area contributed by atoms with Crippen molar-refractivity contribution >= 4 is 23.2 Å². The first-order chi connectivity index (χ1) is 28.8. The van der Waals surface area contributed by atoms with Crippen molar-refractivity contribution in [1.82, 2.24) is 49.1 Å². The number of ether oxygens (including phenoxy) is 1. The quantitative estimate of drug-likeness (QED) is 0.129. The van der Waals surface area contributed by atoms with Gasteiger partial charge in [-0.15, -0.1) is 10.2 Å². The molecule has 0 saturated heterocycles. The molecule has 0 bridgehead atoms. The third-order valence-corrected chi connectivity index (χ3v) is 9.08. The summed E-state index contributed by atoms with van der Waals surface area (Å²) in [6, 6.07) is 10.2. The molecule has 8 rings (SSSR count). The number of aromatic nitrogens is 10. The molecule has 8 aromatic rings. The standard InChI is InChI=1S/C38H25F9N12O2/c1-15-8-17(10-24(50-15)37(42,43)44)28-31(20-7-6-19(39)12-22(20)40)54-35(48)59-34(28)53-27(57-59)14-61-23-5-3-4-21(30(23)41)32-29(18-9-16(2)51-25(11-18)38(45,46)47)33-52-26(13-60)56-58(33)36(49)55-32/h3-12,60H,13-14H2,1-2H3,(H2,48,54)(H2,49,55). The number of anilines is 2. The number of hydrogen-bond donors (Lipinski definition) is 3. The molecule has 61 heavy (non-hydrogen) atoms. The predicted molar refractivity (Wildman–Crippen MR) is 197 cm³/mol. The second-order valence-corrected chi connectivity index (χ2v) is 13.4. The second kappa shape index (κ2) is 14.7. The minimum atomic E-state index is -4.90. The Kier molecular flexibility index (Phi) is 9.72. The van der Waals surface area contributed by atoms with Crippen molar-refractivity contribution in [2.45, 2.75) is 39.4 Å². The number of halogens is 9. The van der Waals surface area contributed by atoms with E-state index in [-0.39, 0.29) is 85.0 Å². The van der Waals surface area contributed by atoms with E-state index in [0.29, 0.717) is 18.2 Å². The molecule has 23 heteroatoms. The SMILES string of the molecule is Cc1cc(-c2c(-c3ccc(F)cc3F)nc(N)n3nc(COc4cccc(-c5nc(N)n6nc(CO)nc6c5-c5cc(C)nc(C(F)(F)F)c5)c4F)nc23)cc(C(F)(F)F)n1. The van der Waals surface area contributed by atoms with Crippen LogP contribution in [0.3, 0.4) is 0 Å². The fourth-order valence-electron chi connectivity index (χ4n) is 6.59. The summed E-state index contributed by atoms with van der Waals surface area (Å²) in [5.74, 6) is -4.78. The molecule has 0 saturated carbocycles. The maximum absolute atomic E-state index is 16.6. The molecule has 6 aromatic heterocycles. The van der Waals surface area contributed by atoms with Crippen LogP contribution in [-0.2, 0) is 25.6 Å². The lowest BCUT2D eigenvalue weighted by molar-refractivity contribution is -0.142. The van der Waals surface area contributed by atoms with Gasteiger partial charge in [-0.05, 0) is 73.5 Å². The number of pyridine rings is 2. The largest absolute Gasteiger partial charge is 0.482 e. The van der Waals surface area contributed by atoms with Crippen molar-refractivity contribution in [2.24, 2.45) is 0 Å². The number of fused-ring (bicyclic) bond motifs is 2. The van der Waals surface area contributed by atoms with Gasteiger partial charge in [0, 0.05) is 28.6 Å². The highest BCUT2D eigenvalue weighted by Gasteiger charge is 2.35. The maximum atomic E-state index is 16.6. The van der Waals surface area contributed by atoms with Gasteiger partial charge < -0.3 is 21.3 Å². The Labute approximate surface area is 335 Å². The first kappa shape index (κ1) is 40.4. The highest BCUT2D eigenvalue weighted by atomic mass is 19.4. The molecule has 0 spiro atoms. The smallest absolute Gasteiger partial charge is 0.433 e. The van der Waals surface area contributed by atoms with Crippen molar-refractivity contribution in [2.75, 3.05) is 11.5 Å². The summed E-state index contributed by atoms with van der Waals surface area (Å²) in [4.78, 5) is 24.2. The van der Waals surface area contributed by atoms with Crippen LogP contribution < -0.4 is 16.2 Å². The van der Waals surface area contributed by atoms with Crippen molar-refractivity contribution in [3.63, 3.8) is 0 Å². The van der Waals surface area contributed by atoms with E-state index in [9.17, 15) is 35.8 Å². The summed E-state index contributed by atoms with van der Waals surface area (Å²) in [6.07, 6.45) is -9.78. The summed E-state index contributed by atoms with van der Waals surface area (Å²) in [5.41, 5.74) is 7.30. The van der Waals surface area contributed by atoms with Crippen molar-refractivity contribution < 1.29 is 49.4 Å². The lowest BCUT2D eigenvalue weighted by Crippen LogP contribution is -2.10. The number of rotatable bonds is 8. The second-order valence-electron chi connectivity index (χ2n) is 13.4. The molecular weight excluding hydrogens is 827 g/mol. The highest BCUT2D eigenvalue weighted by molar-refractivity contribution is 5.92. The summed E-state index contributed by atoms with van der Waals surface area (Å²) in [6.45, 7) is 1.30. The molecule has 5 N–H and O–H groups in total. The van der Waals surface area contributed by atoms with E-state index in [1.54, 1.807) is 0 Å². The Bertz CT molecular complexity index is 3060. The zero-order chi connectivity index (χ0) is 43.7. The van der Waals surface area contributed by atoms with Gasteiger partial charge in [0.2, 0.25) is 11.9 Å². The lowest BCUT2D eigenvalue weighted by Gasteiger charge is -2.16. The van der Waals surface area contributed by atoms with Crippen LogP contribution in [0.2, 0.25) is 0 Å². The van der Waals surface area contributed by atoms with Crippen LogP contribution in [0, 0.1) is 31.3 Å². The number of alkyl halides is 6. The first-order valence-electron chi connectivity index (χ1n) is 17.5. The summed E-state index contributed by atoms with van der Waals surface area (Å²) < 4.78 is 137. The zero-order valence-corrected chi connectivity index (χ0v) is 31.1. The highest BCUT2D eigenvalue weighted by Crippen LogP contribution is 2.42. The summed E-state index contributed by atoms with van der Waals surface area (Å²) in [7, 11) is 0. The summed E-state index contributed by atoms with van der Waals surface area (Å²) in [5, 5.41) is 18.0. The molecule has 0 radical (unpaired) electrons. The van der Waals surface area contributed by atoms with E-state index < -0.39 is 66.1 Å². The van der Waals surface area contributed by atoms with Crippen LogP contribution in [0.25, 0.3) is 56.1 Å². The van der Waals surface area contributed by atoms with Crippen LogP contribution >= 0.6 is 0 Å². The van der Waals surface area contributed by atoms with Crippen molar-refractivity contribution in [1.29, 1.82) is 0 Å². The number of aryl methyl sites for hydroxylation is 2. The van der Waals surface area contributed by atoms with E-state index >= 15 is 8.78 Å². The Balaban J connectivity index is 1.24.